The average molecular weight is 364 g/mol. The van der Waals surface area contributed by atoms with Gasteiger partial charge in [-0.1, -0.05) is 23.7 Å². The Labute approximate surface area is 155 Å². The Morgan fingerprint density at radius 2 is 1.81 bits per heavy atom. The van der Waals surface area contributed by atoms with Crippen molar-refractivity contribution in [1.82, 2.24) is 15.3 Å². The van der Waals surface area contributed by atoms with Crippen LogP contribution in [0.15, 0.2) is 60.9 Å². The first-order chi connectivity index (χ1) is 12.6. The molecule has 0 bridgehead atoms. The quantitative estimate of drug-likeness (QED) is 0.721. The highest BCUT2D eigenvalue weighted by atomic mass is 35.5. The number of carbonyl (C=O) groups excluding carboxylic acids is 1. The van der Waals surface area contributed by atoms with E-state index in [4.69, 9.17) is 16.9 Å². The highest BCUT2D eigenvalue weighted by Gasteiger charge is 2.09. The summed E-state index contributed by atoms with van der Waals surface area (Å²) in [6.45, 7) is 0.373. The Morgan fingerprint density at radius 1 is 1.08 bits per heavy atom. The molecule has 26 heavy (non-hydrogen) atoms. The minimum atomic E-state index is -0.301. The fraction of sp³-hybridized carbons (Fsp3) is 0.0526. The molecule has 3 rings (SSSR count). The van der Waals surface area contributed by atoms with Crippen molar-refractivity contribution in [3.8, 4) is 6.07 Å². The van der Waals surface area contributed by atoms with E-state index in [1.807, 2.05) is 12.1 Å². The van der Waals surface area contributed by atoms with E-state index in [1.54, 1.807) is 42.5 Å². The molecule has 0 aliphatic carbocycles. The smallest absolute Gasteiger partial charge is 0.270 e. The Hall–Kier alpha value is -3.43. The number of anilines is 2. The number of nitrogens with zero attached hydrogens (tertiary/aromatic N) is 3. The second kappa shape index (κ2) is 8.10. The van der Waals surface area contributed by atoms with Crippen LogP contribution in [0, 0.1) is 11.3 Å². The van der Waals surface area contributed by atoms with Gasteiger partial charge in [0, 0.05) is 23.3 Å². The molecule has 0 fully saturated rings. The molecule has 1 amide bonds. The Bertz CT molecular complexity index is 949. The van der Waals surface area contributed by atoms with Gasteiger partial charge >= 0.3 is 0 Å². The molecule has 7 heteroatoms. The van der Waals surface area contributed by atoms with Crippen molar-refractivity contribution in [3.05, 3.63) is 82.8 Å². The van der Waals surface area contributed by atoms with Gasteiger partial charge in [-0.05, 0) is 42.0 Å². The van der Waals surface area contributed by atoms with Gasteiger partial charge in [0.25, 0.3) is 5.91 Å². The van der Waals surface area contributed by atoms with Gasteiger partial charge in [-0.3, -0.25) is 4.79 Å². The van der Waals surface area contributed by atoms with E-state index in [0.29, 0.717) is 22.9 Å². The summed E-state index contributed by atoms with van der Waals surface area (Å²) < 4.78 is 0. The predicted molar refractivity (Wildman–Crippen MR) is 99.1 cm³/mol. The molecule has 2 N–H and O–H groups in total. The molecule has 0 saturated heterocycles. The van der Waals surface area contributed by atoms with Crippen LogP contribution in [0.2, 0.25) is 5.02 Å². The largest absolute Gasteiger partial charge is 0.347 e. The van der Waals surface area contributed by atoms with E-state index in [9.17, 15) is 4.79 Å². The van der Waals surface area contributed by atoms with Crippen LogP contribution in [0.4, 0.5) is 11.5 Å². The lowest BCUT2D eigenvalue weighted by Crippen LogP contribution is -2.24. The number of aromatic nitrogens is 2. The Morgan fingerprint density at radius 3 is 2.50 bits per heavy atom. The van der Waals surface area contributed by atoms with E-state index >= 15 is 0 Å². The van der Waals surface area contributed by atoms with Gasteiger partial charge in [-0.25, -0.2) is 9.97 Å². The van der Waals surface area contributed by atoms with Crippen molar-refractivity contribution in [2.24, 2.45) is 0 Å². The maximum absolute atomic E-state index is 12.3. The van der Waals surface area contributed by atoms with Crippen molar-refractivity contribution in [3.63, 3.8) is 0 Å². The van der Waals surface area contributed by atoms with Crippen molar-refractivity contribution < 1.29 is 4.79 Å². The molecule has 0 saturated carbocycles. The molecular weight excluding hydrogens is 350 g/mol. The number of amides is 1. The Balaban J connectivity index is 1.64. The Kier molecular flexibility index (Phi) is 5.42. The number of rotatable bonds is 5. The molecule has 2 aromatic carbocycles. The first kappa shape index (κ1) is 17.4. The molecule has 6 nitrogen and oxygen atoms in total. The lowest BCUT2D eigenvalue weighted by Gasteiger charge is -2.08. The predicted octanol–water partition coefficient (Wildman–Crippen LogP) is 3.68. The second-order valence-corrected chi connectivity index (χ2v) is 5.85. The molecule has 0 radical (unpaired) electrons. The monoisotopic (exact) mass is 363 g/mol. The highest BCUT2D eigenvalue weighted by Crippen LogP contribution is 2.15. The third kappa shape index (κ3) is 4.56. The lowest BCUT2D eigenvalue weighted by molar-refractivity contribution is 0.0946. The standard InChI is InChI=1S/C19H14ClN5O/c20-15-5-1-14(2-6-15)11-22-19(26)17-9-18(24-12-23-17)25-16-7-3-13(10-21)4-8-16/h1-9,12H,11H2,(H,22,26)(H,23,24,25). The molecule has 0 aliphatic rings. The van der Waals surface area contributed by atoms with Gasteiger partial charge in [0.1, 0.15) is 17.8 Å². The normalized spacial score (nSPS) is 10.0. The van der Waals surface area contributed by atoms with Gasteiger partial charge in [-0.15, -0.1) is 0 Å². The summed E-state index contributed by atoms with van der Waals surface area (Å²) in [5.41, 5.74) is 2.52. The molecule has 1 heterocycles. The van der Waals surface area contributed by atoms with Crippen LogP contribution < -0.4 is 10.6 Å². The summed E-state index contributed by atoms with van der Waals surface area (Å²) in [5.74, 6) is 0.187. The molecular formula is C19H14ClN5O. The maximum Gasteiger partial charge on any atom is 0.270 e. The van der Waals surface area contributed by atoms with Gasteiger partial charge in [-0.2, -0.15) is 5.26 Å². The minimum Gasteiger partial charge on any atom is -0.347 e. The van der Waals surface area contributed by atoms with Crippen LogP contribution in [-0.2, 0) is 6.54 Å². The molecule has 3 aromatic rings. The zero-order chi connectivity index (χ0) is 18.4. The summed E-state index contributed by atoms with van der Waals surface area (Å²) >= 11 is 5.84. The minimum absolute atomic E-state index is 0.255. The molecule has 0 unspecified atom stereocenters. The van der Waals surface area contributed by atoms with Crippen LogP contribution >= 0.6 is 11.6 Å². The van der Waals surface area contributed by atoms with Gasteiger partial charge in [0.15, 0.2) is 0 Å². The summed E-state index contributed by atoms with van der Waals surface area (Å²) in [6.07, 6.45) is 1.32. The van der Waals surface area contributed by atoms with E-state index < -0.39 is 0 Å². The second-order valence-electron chi connectivity index (χ2n) is 5.41. The van der Waals surface area contributed by atoms with E-state index in [-0.39, 0.29) is 11.6 Å². The maximum atomic E-state index is 12.3. The molecule has 0 atom stereocenters. The van der Waals surface area contributed by atoms with Crippen LogP contribution in [-0.4, -0.2) is 15.9 Å². The van der Waals surface area contributed by atoms with Gasteiger partial charge < -0.3 is 10.6 Å². The number of hydrogen-bond acceptors (Lipinski definition) is 5. The SMILES string of the molecule is N#Cc1ccc(Nc2cc(C(=O)NCc3ccc(Cl)cc3)ncn2)cc1. The summed E-state index contributed by atoms with van der Waals surface area (Å²) in [7, 11) is 0. The van der Waals surface area contributed by atoms with E-state index in [1.165, 1.54) is 6.33 Å². The molecule has 128 valence electrons. The zero-order valence-electron chi connectivity index (χ0n) is 13.6. The van der Waals surface area contributed by atoms with Gasteiger partial charge in [0.2, 0.25) is 0 Å². The molecule has 0 aliphatic heterocycles. The number of carbonyl (C=O) groups is 1. The number of benzene rings is 2. The topological polar surface area (TPSA) is 90.7 Å². The number of hydrogen-bond donors (Lipinski definition) is 2. The molecule has 0 spiro atoms. The first-order valence-electron chi connectivity index (χ1n) is 7.76. The van der Waals surface area contributed by atoms with Crippen LogP contribution in [0.25, 0.3) is 0 Å². The van der Waals surface area contributed by atoms with Crippen molar-refractivity contribution in [2.75, 3.05) is 5.32 Å². The zero-order valence-corrected chi connectivity index (χ0v) is 14.4. The third-order valence-corrected chi connectivity index (χ3v) is 3.80. The van der Waals surface area contributed by atoms with Crippen LogP contribution in [0.5, 0.6) is 0 Å². The third-order valence-electron chi connectivity index (χ3n) is 3.55. The summed E-state index contributed by atoms with van der Waals surface area (Å²) in [6, 6.07) is 17.8. The van der Waals surface area contributed by atoms with Crippen molar-refractivity contribution in [2.45, 2.75) is 6.54 Å². The van der Waals surface area contributed by atoms with Crippen molar-refractivity contribution >= 4 is 29.0 Å². The average Bonchev–Trinajstić information content (AvgIpc) is 2.68. The first-order valence-corrected chi connectivity index (χ1v) is 8.14. The number of nitriles is 1. The lowest BCUT2D eigenvalue weighted by atomic mass is 10.2. The van der Waals surface area contributed by atoms with Crippen LogP contribution in [0.3, 0.4) is 0 Å². The van der Waals surface area contributed by atoms with Crippen molar-refractivity contribution in [1.29, 1.82) is 5.26 Å². The summed E-state index contributed by atoms with van der Waals surface area (Å²) in [5, 5.41) is 15.3. The number of nitrogens with one attached hydrogen (secondary N) is 2. The van der Waals surface area contributed by atoms with Crippen LogP contribution in [0.1, 0.15) is 21.6 Å². The highest BCUT2D eigenvalue weighted by molar-refractivity contribution is 6.30. The fourth-order valence-corrected chi connectivity index (χ4v) is 2.33. The van der Waals surface area contributed by atoms with Gasteiger partial charge in [0.05, 0.1) is 11.6 Å². The molecule has 1 aromatic heterocycles. The van der Waals surface area contributed by atoms with E-state index in [0.717, 1.165) is 11.3 Å². The fourth-order valence-electron chi connectivity index (χ4n) is 2.20. The summed E-state index contributed by atoms with van der Waals surface area (Å²) in [4.78, 5) is 20.4. The van der Waals surface area contributed by atoms with E-state index in [2.05, 4.69) is 26.7 Å². The number of halogens is 1.